The molecule has 1 N–H and O–H groups in total. The van der Waals surface area contributed by atoms with Crippen LogP contribution in [0.3, 0.4) is 0 Å². The fourth-order valence-electron chi connectivity index (χ4n) is 1.55. The average Bonchev–Trinajstić information content (AvgIpc) is 2.31. The van der Waals surface area contributed by atoms with Gasteiger partial charge < -0.3 is 14.8 Å². The zero-order valence-corrected chi connectivity index (χ0v) is 11.0. The van der Waals surface area contributed by atoms with Gasteiger partial charge in [0.2, 0.25) is 0 Å². The molecule has 96 valence electrons. The Bertz CT molecular complexity index is 313. The maximum atomic E-state index is 5.52. The lowest BCUT2D eigenvalue weighted by molar-refractivity contribution is 0.118. The van der Waals surface area contributed by atoms with Crippen LogP contribution in [-0.2, 0) is 16.1 Å². The van der Waals surface area contributed by atoms with Crippen molar-refractivity contribution in [1.82, 2.24) is 0 Å². The monoisotopic (exact) mass is 237 g/mol. The van der Waals surface area contributed by atoms with Crippen LogP contribution in [0.4, 0.5) is 5.69 Å². The minimum absolute atomic E-state index is 0.593. The lowest BCUT2D eigenvalue weighted by Gasteiger charge is -2.12. The summed E-state index contributed by atoms with van der Waals surface area (Å²) in [7, 11) is 1.71. The number of hydrogen-bond acceptors (Lipinski definition) is 3. The van der Waals surface area contributed by atoms with Crippen molar-refractivity contribution in [2.45, 2.75) is 20.5 Å². The Morgan fingerprint density at radius 2 is 2.00 bits per heavy atom. The van der Waals surface area contributed by atoms with Crippen molar-refractivity contribution in [3.05, 3.63) is 29.8 Å². The van der Waals surface area contributed by atoms with Crippen molar-refractivity contribution in [2.24, 2.45) is 5.92 Å². The van der Waals surface area contributed by atoms with Gasteiger partial charge >= 0.3 is 0 Å². The maximum absolute atomic E-state index is 5.52. The second-order valence-corrected chi connectivity index (χ2v) is 4.49. The Kier molecular flexibility index (Phi) is 6.67. The van der Waals surface area contributed by atoms with Crippen molar-refractivity contribution < 1.29 is 9.47 Å². The molecule has 0 aliphatic heterocycles. The molecule has 0 bridgehead atoms. The predicted octanol–water partition coefficient (Wildman–Crippen LogP) is 2.92. The first kappa shape index (κ1) is 14.0. The highest BCUT2D eigenvalue weighted by Gasteiger charge is 2.00. The van der Waals surface area contributed by atoms with Crippen LogP contribution < -0.4 is 5.32 Å². The fraction of sp³-hybridized carbons (Fsp3) is 0.571. The summed E-state index contributed by atoms with van der Waals surface area (Å²) in [5, 5.41) is 3.37. The summed E-state index contributed by atoms with van der Waals surface area (Å²) in [4.78, 5) is 0. The summed E-state index contributed by atoms with van der Waals surface area (Å²) in [5.74, 6) is 0.593. The number of anilines is 1. The van der Waals surface area contributed by atoms with Gasteiger partial charge in [-0.1, -0.05) is 32.0 Å². The van der Waals surface area contributed by atoms with E-state index in [0.717, 1.165) is 25.4 Å². The Morgan fingerprint density at radius 1 is 1.24 bits per heavy atom. The molecule has 3 heteroatoms. The SMILES string of the molecule is COCc1ccccc1NCCOCC(C)C. The van der Waals surface area contributed by atoms with Crippen molar-refractivity contribution in [2.75, 3.05) is 32.2 Å². The molecule has 1 rings (SSSR count). The van der Waals surface area contributed by atoms with Crippen LogP contribution in [0, 0.1) is 5.92 Å². The quantitative estimate of drug-likeness (QED) is 0.705. The molecule has 0 saturated heterocycles. The third-order valence-electron chi connectivity index (χ3n) is 2.33. The van der Waals surface area contributed by atoms with Crippen LogP contribution in [0.1, 0.15) is 19.4 Å². The molecular weight excluding hydrogens is 214 g/mol. The van der Waals surface area contributed by atoms with Crippen LogP contribution in [0.25, 0.3) is 0 Å². The van der Waals surface area contributed by atoms with Crippen LogP contribution in [0.15, 0.2) is 24.3 Å². The summed E-state index contributed by atoms with van der Waals surface area (Å²) >= 11 is 0. The highest BCUT2D eigenvalue weighted by atomic mass is 16.5. The lowest BCUT2D eigenvalue weighted by atomic mass is 10.2. The first-order chi connectivity index (χ1) is 8.24. The molecule has 0 saturated carbocycles. The smallest absolute Gasteiger partial charge is 0.0733 e. The second-order valence-electron chi connectivity index (χ2n) is 4.49. The molecule has 1 aromatic carbocycles. The maximum Gasteiger partial charge on any atom is 0.0733 e. The van der Waals surface area contributed by atoms with Gasteiger partial charge in [0, 0.05) is 31.5 Å². The van der Waals surface area contributed by atoms with E-state index in [4.69, 9.17) is 9.47 Å². The number of benzene rings is 1. The number of hydrogen-bond donors (Lipinski definition) is 1. The predicted molar refractivity (Wildman–Crippen MR) is 71.3 cm³/mol. The van der Waals surface area contributed by atoms with Gasteiger partial charge in [-0.05, 0) is 12.0 Å². The van der Waals surface area contributed by atoms with E-state index >= 15 is 0 Å². The minimum Gasteiger partial charge on any atom is -0.382 e. The molecule has 1 aromatic rings. The van der Waals surface area contributed by atoms with Crippen LogP contribution in [0.5, 0.6) is 0 Å². The Labute approximate surface area is 104 Å². The van der Waals surface area contributed by atoms with E-state index in [1.54, 1.807) is 7.11 Å². The Hall–Kier alpha value is -1.06. The fourth-order valence-corrected chi connectivity index (χ4v) is 1.55. The summed E-state index contributed by atoms with van der Waals surface area (Å²) in [6.07, 6.45) is 0. The third kappa shape index (κ3) is 5.71. The Balaban J connectivity index is 2.30. The van der Waals surface area contributed by atoms with Gasteiger partial charge in [0.15, 0.2) is 0 Å². The molecule has 0 amide bonds. The number of nitrogens with one attached hydrogen (secondary N) is 1. The van der Waals surface area contributed by atoms with E-state index in [1.807, 2.05) is 12.1 Å². The van der Waals surface area contributed by atoms with E-state index in [2.05, 4.69) is 31.3 Å². The molecule has 0 atom stereocenters. The highest BCUT2D eigenvalue weighted by Crippen LogP contribution is 2.15. The number of rotatable bonds is 8. The molecule has 0 unspecified atom stereocenters. The molecule has 0 heterocycles. The van der Waals surface area contributed by atoms with Gasteiger partial charge in [-0.3, -0.25) is 0 Å². The molecule has 0 aliphatic carbocycles. The molecule has 0 fully saturated rings. The molecule has 0 spiro atoms. The second kappa shape index (κ2) is 8.09. The summed E-state index contributed by atoms with van der Waals surface area (Å²) in [6, 6.07) is 8.18. The van der Waals surface area contributed by atoms with E-state index in [0.29, 0.717) is 12.5 Å². The normalized spacial score (nSPS) is 10.8. The van der Waals surface area contributed by atoms with Crippen molar-refractivity contribution in [1.29, 1.82) is 0 Å². The summed E-state index contributed by atoms with van der Waals surface area (Å²) < 4.78 is 10.7. The number of para-hydroxylation sites is 1. The van der Waals surface area contributed by atoms with Crippen LogP contribution in [0.2, 0.25) is 0 Å². The highest BCUT2D eigenvalue weighted by molar-refractivity contribution is 5.50. The Morgan fingerprint density at radius 3 is 2.71 bits per heavy atom. The number of ether oxygens (including phenoxy) is 2. The zero-order valence-electron chi connectivity index (χ0n) is 11.0. The molecule has 3 nitrogen and oxygen atoms in total. The van der Waals surface area contributed by atoms with E-state index < -0.39 is 0 Å². The first-order valence-corrected chi connectivity index (χ1v) is 6.12. The standard InChI is InChI=1S/C14H23NO2/c1-12(2)10-17-9-8-15-14-7-5-4-6-13(14)11-16-3/h4-7,12,15H,8-11H2,1-3H3. The summed E-state index contributed by atoms with van der Waals surface area (Å²) in [5.41, 5.74) is 2.31. The van der Waals surface area contributed by atoms with E-state index in [1.165, 1.54) is 5.56 Å². The molecule has 0 aliphatic rings. The van der Waals surface area contributed by atoms with Gasteiger partial charge in [0.1, 0.15) is 0 Å². The molecular formula is C14H23NO2. The number of methoxy groups -OCH3 is 1. The van der Waals surface area contributed by atoms with Crippen molar-refractivity contribution in [3.63, 3.8) is 0 Å². The van der Waals surface area contributed by atoms with Crippen LogP contribution in [-0.4, -0.2) is 26.9 Å². The van der Waals surface area contributed by atoms with Gasteiger partial charge in [-0.25, -0.2) is 0 Å². The molecule has 0 radical (unpaired) electrons. The molecule has 17 heavy (non-hydrogen) atoms. The largest absolute Gasteiger partial charge is 0.382 e. The van der Waals surface area contributed by atoms with Gasteiger partial charge in [-0.2, -0.15) is 0 Å². The van der Waals surface area contributed by atoms with E-state index in [9.17, 15) is 0 Å². The van der Waals surface area contributed by atoms with Crippen molar-refractivity contribution in [3.8, 4) is 0 Å². The van der Waals surface area contributed by atoms with Gasteiger partial charge in [-0.15, -0.1) is 0 Å². The van der Waals surface area contributed by atoms with Crippen molar-refractivity contribution >= 4 is 5.69 Å². The van der Waals surface area contributed by atoms with Crippen LogP contribution >= 0.6 is 0 Å². The topological polar surface area (TPSA) is 30.5 Å². The van der Waals surface area contributed by atoms with E-state index in [-0.39, 0.29) is 0 Å². The lowest BCUT2D eigenvalue weighted by Crippen LogP contribution is -2.13. The average molecular weight is 237 g/mol. The van der Waals surface area contributed by atoms with Gasteiger partial charge in [0.25, 0.3) is 0 Å². The van der Waals surface area contributed by atoms with Gasteiger partial charge in [0.05, 0.1) is 13.2 Å². The third-order valence-corrected chi connectivity index (χ3v) is 2.33. The summed E-state index contributed by atoms with van der Waals surface area (Å²) in [6.45, 7) is 7.33. The first-order valence-electron chi connectivity index (χ1n) is 6.12. The molecule has 0 aromatic heterocycles. The minimum atomic E-state index is 0.593. The zero-order chi connectivity index (χ0) is 12.5.